The van der Waals surface area contributed by atoms with Crippen LogP contribution in [-0.2, 0) is 4.74 Å². The summed E-state index contributed by atoms with van der Waals surface area (Å²) in [6.45, 7) is 12.3. The second-order valence-electron chi connectivity index (χ2n) is 7.86. The summed E-state index contributed by atoms with van der Waals surface area (Å²) >= 11 is 0. The highest BCUT2D eigenvalue weighted by Gasteiger charge is 2.48. The quantitative estimate of drug-likeness (QED) is 0.772. The van der Waals surface area contributed by atoms with Gasteiger partial charge in [-0.2, -0.15) is 0 Å². The maximum atomic E-state index is 6.56. The highest BCUT2D eigenvalue weighted by atomic mass is 16.5. The van der Waals surface area contributed by atoms with Crippen LogP contribution in [-0.4, -0.2) is 23.7 Å². The van der Waals surface area contributed by atoms with E-state index in [0.29, 0.717) is 5.92 Å². The first-order chi connectivity index (χ1) is 13.1. The van der Waals surface area contributed by atoms with Crippen LogP contribution in [0.2, 0.25) is 0 Å². The first-order valence-electron chi connectivity index (χ1n) is 10.4. The molecule has 1 aromatic heterocycles. The predicted octanol–water partition coefficient (Wildman–Crippen LogP) is 5.40. The highest BCUT2D eigenvalue weighted by molar-refractivity contribution is 5.33. The van der Waals surface area contributed by atoms with E-state index in [4.69, 9.17) is 4.74 Å². The Morgan fingerprint density at radius 1 is 1.11 bits per heavy atom. The molecule has 3 atom stereocenters. The van der Waals surface area contributed by atoms with Gasteiger partial charge in [0.05, 0.1) is 18.2 Å². The summed E-state index contributed by atoms with van der Waals surface area (Å²) in [7, 11) is 0. The smallest absolute Gasteiger partial charge is 0.0883 e. The minimum Gasteiger partial charge on any atom is -0.372 e. The molecule has 1 aromatic carbocycles. The lowest BCUT2D eigenvalue weighted by molar-refractivity contribution is -0.0484. The van der Waals surface area contributed by atoms with E-state index < -0.39 is 0 Å². The van der Waals surface area contributed by atoms with Gasteiger partial charge >= 0.3 is 0 Å². The number of benzene rings is 1. The molecule has 3 unspecified atom stereocenters. The summed E-state index contributed by atoms with van der Waals surface area (Å²) < 4.78 is 6.56. The van der Waals surface area contributed by atoms with E-state index in [1.807, 2.05) is 20.0 Å². The van der Waals surface area contributed by atoms with Crippen molar-refractivity contribution in [3.05, 3.63) is 64.5 Å². The average molecular weight is 367 g/mol. The fourth-order valence-corrected chi connectivity index (χ4v) is 4.61. The molecule has 0 aliphatic carbocycles. The summed E-state index contributed by atoms with van der Waals surface area (Å²) in [6.07, 6.45) is 5.41. The Balaban J connectivity index is 0.00000102. The van der Waals surface area contributed by atoms with Gasteiger partial charge in [0.2, 0.25) is 0 Å². The molecule has 4 rings (SSSR count). The van der Waals surface area contributed by atoms with Gasteiger partial charge in [-0.3, -0.25) is 4.98 Å². The van der Waals surface area contributed by atoms with E-state index in [1.54, 1.807) is 0 Å². The Morgan fingerprint density at radius 2 is 1.85 bits per heavy atom. The van der Waals surface area contributed by atoms with E-state index in [2.05, 4.69) is 61.4 Å². The summed E-state index contributed by atoms with van der Waals surface area (Å²) in [5.74, 6) is 0.467. The highest BCUT2D eigenvalue weighted by Crippen LogP contribution is 2.48. The number of nitrogens with one attached hydrogen (secondary N) is 1. The van der Waals surface area contributed by atoms with Crippen LogP contribution < -0.4 is 5.32 Å². The number of nitrogens with zero attached hydrogens (tertiary/aromatic N) is 1. The fraction of sp³-hybridized carbons (Fsp3) is 0.542. The molecule has 3 nitrogen and oxygen atoms in total. The number of rotatable bonds is 2. The lowest BCUT2D eigenvalue weighted by atomic mass is 9.76. The van der Waals surface area contributed by atoms with Crippen LogP contribution in [0.5, 0.6) is 0 Å². The SMILES string of the molecule is CC.Cc1ccc(C2NCCCC23CC(c2cc(C)ncc2C)CO3)cc1. The Morgan fingerprint density at radius 3 is 2.59 bits per heavy atom. The predicted molar refractivity (Wildman–Crippen MR) is 112 cm³/mol. The van der Waals surface area contributed by atoms with Crippen molar-refractivity contribution in [2.24, 2.45) is 0 Å². The average Bonchev–Trinajstić information content (AvgIpc) is 3.11. The molecule has 0 radical (unpaired) electrons. The van der Waals surface area contributed by atoms with Crippen LogP contribution in [0.1, 0.15) is 73.0 Å². The summed E-state index contributed by atoms with van der Waals surface area (Å²) in [6, 6.07) is 11.5. The van der Waals surface area contributed by atoms with E-state index in [-0.39, 0.29) is 11.6 Å². The first-order valence-corrected chi connectivity index (χ1v) is 10.4. The molecule has 27 heavy (non-hydrogen) atoms. The van der Waals surface area contributed by atoms with Gasteiger partial charge in [0.25, 0.3) is 0 Å². The van der Waals surface area contributed by atoms with Crippen LogP contribution in [0, 0.1) is 20.8 Å². The van der Waals surface area contributed by atoms with Crippen molar-refractivity contribution < 1.29 is 4.74 Å². The number of hydrogen-bond acceptors (Lipinski definition) is 3. The topological polar surface area (TPSA) is 34.2 Å². The van der Waals surface area contributed by atoms with Crippen molar-refractivity contribution in [3.63, 3.8) is 0 Å². The molecule has 2 aromatic rings. The molecule has 146 valence electrons. The molecule has 1 N–H and O–H groups in total. The Bertz CT molecular complexity index is 755. The second kappa shape index (κ2) is 8.53. The maximum Gasteiger partial charge on any atom is 0.0883 e. The Kier molecular flexibility index (Phi) is 6.33. The lowest BCUT2D eigenvalue weighted by Crippen LogP contribution is -2.48. The molecular formula is C24H34N2O. The summed E-state index contributed by atoms with van der Waals surface area (Å²) in [4.78, 5) is 4.43. The standard InChI is InChI=1S/C22H28N2O.C2H6/c1-15-5-7-18(8-6-15)21-22(9-4-10-23-21)12-19(14-25-22)20-11-17(3)24-13-16(20)2;1-2/h5-8,11,13,19,21,23H,4,9-10,12,14H2,1-3H3;1-2H3. The van der Waals surface area contributed by atoms with E-state index in [9.17, 15) is 0 Å². The van der Waals surface area contributed by atoms with Crippen LogP contribution in [0.3, 0.4) is 0 Å². The number of aryl methyl sites for hydroxylation is 3. The molecule has 2 fully saturated rings. The van der Waals surface area contributed by atoms with Gasteiger partial charge in [-0.05, 0) is 69.3 Å². The molecule has 3 heteroatoms. The molecule has 2 aliphatic heterocycles. The molecule has 2 aliphatic rings. The molecule has 2 saturated heterocycles. The van der Waals surface area contributed by atoms with Gasteiger partial charge in [-0.25, -0.2) is 0 Å². The Labute approximate surface area is 164 Å². The molecule has 1 spiro atoms. The minimum absolute atomic E-state index is 0.0816. The van der Waals surface area contributed by atoms with Crippen molar-refractivity contribution in [1.29, 1.82) is 0 Å². The monoisotopic (exact) mass is 366 g/mol. The van der Waals surface area contributed by atoms with E-state index in [1.165, 1.54) is 28.7 Å². The molecule has 0 amide bonds. The zero-order chi connectivity index (χ0) is 19.4. The van der Waals surface area contributed by atoms with Crippen molar-refractivity contribution in [2.45, 2.75) is 71.4 Å². The van der Waals surface area contributed by atoms with Gasteiger partial charge in [0, 0.05) is 17.8 Å². The maximum absolute atomic E-state index is 6.56. The lowest BCUT2D eigenvalue weighted by Gasteiger charge is -2.42. The van der Waals surface area contributed by atoms with Gasteiger partial charge in [0.1, 0.15) is 0 Å². The van der Waals surface area contributed by atoms with Crippen LogP contribution in [0.4, 0.5) is 0 Å². The largest absolute Gasteiger partial charge is 0.372 e. The number of ether oxygens (including phenoxy) is 1. The van der Waals surface area contributed by atoms with Crippen LogP contribution in [0.15, 0.2) is 36.5 Å². The third-order valence-electron chi connectivity index (χ3n) is 5.95. The first kappa shape index (κ1) is 20.0. The van der Waals surface area contributed by atoms with Crippen molar-refractivity contribution in [2.75, 3.05) is 13.2 Å². The molecule has 0 bridgehead atoms. The summed E-state index contributed by atoms with van der Waals surface area (Å²) in [5, 5.41) is 3.75. The third-order valence-corrected chi connectivity index (χ3v) is 5.95. The summed E-state index contributed by atoms with van der Waals surface area (Å²) in [5.41, 5.74) is 6.38. The van der Waals surface area contributed by atoms with Crippen molar-refractivity contribution in [1.82, 2.24) is 10.3 Å². The zero-order valence-corrected chi connectivity index (χ0v) is 17.5. The van der Waals surface area contributed by atoms with Gasteiger partial charge < -0.3 is 10.1 Å². The van der Waals surface area contributed by atoms with Crippen molar-refractivity contribution in [3.8, 4) is 0 Å². The van der Waals surface area contributed by atoms with Crippen LogP contribution >= 0.6 is 0 Å². The van der Waals surface area contributed by atoms with Gasteiger partial charge in [0.15, 0.2) is 0 Å². The molecule has 0 saturated carbocycles. The van der Waals surface area contributed by atoms with Gasteiger partial charge in [-0.15, -0.1) is 0 Å². The van der Waals surface area contributed by atoms with Crippen LogP contribution in [0.25, 0.3) is 0 Å². The normalized spacial score (nSPS) is 27.3. The number of pyridine rings is 1. The van der Waals surface area contributed by atoms with E-state index >= 15 is 0 Å². The molecular weight excluding hydrogens is 332 g/mol. The third kappa shape index (κ3) is 4.09. The number of hydrogen-bond donors (Lipinski definition) is 1. The van der Waals surface area contributed by atoms with Gasteiger partial charge in [-0.1, -0.05) is 43.7 Å². The Hall–Kier alpha value is -1.71. The number of piperidine rings is 1. The zero-order valence-electron chi connectivity index (χ0n) is 17.5. The van der Waals surface area contributed by atoms with Crippen molar-refractivity contribution >= 4 is 0 Å². The fourth-order valence-electron chi connectivity index (χ4n) is 4.61. The minimum atomic E-state index is -0.0816. The van der Waals surface area contributed by atoms with E-state index in [0.717, 1.165) is 31.7 Å². The second-order valence-corrected chi connectivity index (χ2v) is 7.86. The number of aromatic nitrogens is 1. The molecule has 3 heterocycles.